The van der Waals surface area contributed by atoms with Gasteiger partial charge in [0, 0.05) is 10.4 Å². The smallest absolute Gasteiger partial charge is 0.265 e. The van der Waals surface area contributed by atoms with Gasteiger partial charge < -0.3 is 5.32 Å². The molecule has 1 aromatic heterocycles. The van der Waals surface area contributed by atoms with Crippen molar-refractivity contribution in [1.29, 1.82) is 0 Å². The van der Waals surface area contributed by atoms with Crippen molar-refractivity contribution in [2.75, 3.05) is 5.32 Å². The monoisotopic (exact) mass is 301 g/mol. The van der Waals surface area contributed by atoms with E-state index in [2.05, 4.69) is 12.2 Å². The fourth-order valence-electron chi connectivity index (χ4n) is 2.23. The van der Waals surface area contributed by atoms with Gasteiger partial charge in [0.1, 0.15) is 0 Å². The van der Waals surface area contributed by atoms with E-state index >= 15 is 0 Å². The molecule has 0 unspecified atom stereocenters. The Bertz CT molecular complexity index is 673. The van der Waals surface area contributed by atoms with Crippen LogP contribution < -0.4 is 5.32 Å². The van der Waals surface area contributed by atoms with E-state index in [-0.39, 0.29) is 11.7 Å². The molecule has 1 heterocycles. The lowest BCUT2D eigenvalue weighted by Gasteiger charge is -2.07. The lowest BCUT2D eigenvalue weighted by atomic mass is 10.1. The van der Waals surface area contributed by atoms with Crippen LogP contribution in [0.15, 0.2) is 30.3 Å². The minimum atomic E-state index is -0.154. The number of hydrogen-bond donors (Lipinski definition) is 1. The van der Waals surface area contributed by atoms with Crippen molar-refractivity contribution in [2.45, 2.75) is 33.6 Å². The second-order valence-corrected chi connectivity index (χ2v) is 6.25. The quantitative estimate of drug-likeness (QED) is 0.828. The summed E-state index contributed by atoms with van der Waals surface area (Å²) in [7, 11) is 0. The Balaban J connectivity index is 2.22. The Hall–Kier alpha value is -1.94. The summed E-state index contributed by atoms with van der Waals surface area (Å²) in [5.41, 5.74) is 2.33. The largest absolute Gasteiger partial charge is 0.321 e. The van der Waals surface area contributed by atoms with Crippen molar-refractivity contribution in [1.82, 2.24) is 0 Å². The van der Waals surface area contributed by atoms with Crippen LogP contribution in [0, 0.1) is 6.92 Å². The second-order valence-electron chi connectivity index (χ2n) is 5.00. The summed E-state index contributed by atoms with van der Waals surface area (Å²) < 4.78 is 0. The lowest BCUT2D eigenvalue weighted by molar-refractivity contribution is 0.101. The van der Waals surface area contributed by atoms with E-state index in [1.807, 2.05) is 19.1 Å². The van der Waals surface area contributed by atoms with Crippen molar-refractivity contribution in [3.63, 3.8) is 0 Å². The molecular formula is C17H19NO2S. The molecule has 2 aromatic rings. The van der Waals surface area contributed by atoms with Gasteiger partial charge in [0.05, 0.1) is 10.6 Å². The number of carbonyl (C=O) groups excluding carboxylic acids is 2. The summed E-state index contributed by atoms with van der Waals surface area (Å²) in [6.07, 6.45) is 2.05. The molecule has 0 aliphatic heterocycles. The first-order valence-electron chi connectivity index (χ1n) is 7.03. The Morgan fingerprint density at radius 2 is 1.95 bits per heavy atom. The maximum absolute atomic E-state index is 12.3. The number of anilines is 1. The zero-order valence-electron chi connectivity index (χ0n) is 12.5. The molecule has 3 nitrogen and oxygen atoms in total. The van der Waals surface area contributed by atoms with Crippen LogP contribution in [-0.4, -0.2) is 11.7 Å². The van der Waals surface area contributed by atoms with Crippen LogP contribution in [0.2, 0.25) is 0 Å². The number of ketones is 1. The van der Waals surface area contributed by atoms with Gasteiger partial charge in [0.2, 0.25) is 0 Å². The molecule has 21 heavy (non-hydrogen) atoms. The number of nitrogens with one attached hydrogen (secondary N) is 1. The van der Waals surface area contributed by atoms with Crippen molar-refractivity contribution in [2.24, 2.45) is 0 Å². The van der Waals surface area contributed by atoms with Crippen LogP contribution in [0.1, 0.15) is 50.7 Å². The van der Waals surface area contributed by atoms with Crippen LogP contribution >= 0.6 is 11.3 Å². The van der Waals surface area contributed by atoms with Gasteiger partial charge in [-0.1, -0.05) is 25.5 Å². The average Bonchev–Trinajstić information content (AvgIpc) is 2.81. The Kier molecular flexibility index (Phi) is 4.91. The van der Waals surface area contributed by atoms with E-state index < -0.39 is 0 Å². The molecule has 0 saturated carbocycles. The second kappa shape index (κ2) is 6.68. The maximum Gasteiger partial charge on any atom is 0.265 e. The first kappa shape index (κ1) is 15.4. The maximum atomic E-state index is 12.3. The number of hydrogen-bond acceptors (Lipinski definition) is 3. The number of amides is 1. The first-order valence-corrected chi connectivity index (χ1v) is 7.85. The SMILES string of the molecule is CCCc1cc(C(=O)Nc2ccccc2C(C)=O)sc1C. The van der Waals surface area contributed by atoms with Crippen molar-refractivity contribution < 1.29 is 9.59 Å². The minimum absolute atomic E-state index is 0.0556. The summed E-state index contributed by atoms with van der Waals surface area (Å²) in [6.45, 7) is 5.66. The summed E-state index contributed by atoms with van der Waals surface area (Å²) in [5, 5.41) is 2.84. The fourth-order valence-corrected chi connectivity index (χ4v) is 3.20. The van der Waals surface area contributed by atoms with Gasteiger partial charge >= 0.3 is 0 Å². The summed E-state index contributed by atoms with van der Waals surface area (Å²) >= 11 is 1.50. The predicted molar refractivity (Wildman–Crippen MR) is 87.5 cm³/mol. The number of para-hydroxylation sites is 1. The highest BCUT2D eigenvalue weighted by molar-refractivity contribution is 7.14. The Morgan fingerprint density at radius 1 is 1.24 bits per heavy atom. The third kappa shape index (κ3) is 3.58. The number of benzene rings is 1. The molecule has 0 spiro atoms. The number of rotatable bonds is 5. The lowest BCUT2D eigenvalue weighted by Crippen LogP contribution is -2.12. The molecule has 4 heteroatoms. The zero-order chi connectivity index (χ0) is 15.4. The zero-order valence-corrected chi connectivity index (χ0v) is 13.3. The molecule has 0 atom stereocenters. The van der Waals surface area contributed by atoms with Gasteiger partial charge in [-0.05, 0) is 44.0 Å². The molecule has 1 N–H and O–H groups in total. The topological polar surface area (TPSA) is 46.2 Å². The van der Waals surface area contributed by atoms with Crippen molar-refractivity contribution in [3.05, 3.63) is 51.2 Å². The number of Topliss-reactive ketones (excluding diaryl/α,β-unsaturated/α-hetero) is 1. The van der Waals surface area contributed by atoms with E-state index in [0.717, 1.165) is 12.8 Å². The average molecular weight is 301 g/mol. The van der Waals surface area contributed by atoms with Gasteiger partial charge in [0.15, 0.2) is 5.78 Å². The standard InChI is InChI=1S/C17H19NO2S/c1-4-7-13-10-16(21-12(13)3)17(20)18-15-9-6-5-8-14(15)11(2)19/h5-6,8-10H,4,7H2,1-3H3,(H,18,20). The van der Waals surface area contributed by atoms with Crippen LogP contribution in [0.5, 0.6) is 0 Å². The molecular weight excluding hydrogens is 282 g/mol. The summed E-state index contributed by atoms with van der Waals surface area (Å²) in [6, 6.07) is 9.03. The normalized spacial score (nSPS) is 10.4. The van der Waals surface area contributed by atoms with Gasteiger partial charge in [-0.2, -0.15) is 0 Å². The molecule has 1 amide bonds. The van der Waals surface area contributed by atoms with Crippen LogP contribution in [-0.2, 0) is 6.42 Å². The van der Waals surface area contributed by atoms with Gasteiger partial charge in [0.25, 0.3) is 5.91 Å². The minimum Gasteiger partial charge on any atom is -0.321 e. The summed E-state index contributed by atoms with van der Waals surface area (Å²) in [5.74, 6) is -0.209. The number of carbonyl (C=O) groups is 2. The Labute approximate surface area is 129 Å². The molecule has 1 aromatic carbocycles. The predicted octanol–water partition coefficient (Wildman–Crippen LogP) is 4.46. The number of thiophene rings is 1. The highest BCUT2D eigenvalue weighted by atomic mass is 32.1. The fraction of sp³-hybridized carbons (Fsp3) is 0.294. The molecule has 110 valence electrons. The highest BCUT2D eigenvalue weighted by Crippen LogP contribution is 2.24. The molecule has 0 bridgehead atoms. The van der Waals surface area contributed by atoms with E-state index in [1.165, 1.54) is 28.7 Å². The number of aryl methyl sites for hydroxylation is 2. The Morgan fingerprint density at radius 3 is 2.62 bits per heavy atom. The van der Waals surface area contributed by atoms with Crippen molar-refractivity contribution in [3.8, 4) is 0 Å². The van der Waals surface area contributed by atoms with E-state index in [4.69, 9.17) is 0 Å². The third-order valence-corrected chi connectivity index (χ3v) is 4.41. The van der Waals surface area contributed by atoms with Crippen molar-refractivity contribution >= 4 is 28.7 Å². The summed E-state index contributed by atoms with van der Waals surface area (Å²) in [4.78, 5) is 25.8. The molecule has 0 saturated heterocycles. The van der Waals surface area contributed by atoms with Gasteiger partial charge in [-0.3, -0.25) is 9.59 Å². The molecule has 0 aliphatic rings. The molecule has 2 rings (SSSR count). The van der Waals surface area contributed by atoms with E-state index in [0.29, 0.717) is 16.1 Å². The van der Waals surface area contributed by atoms with E-state index in [1.54, 1.807) is 18.2 Å². The van der Waals surface area contributed by atoms with Crippen LogP contribution in [0.4, 0.5) is 5.69 Å². The highest BCUT2D eigenvalue weighted by Gasteiger charge is 2.14. The van der Waals surface area contributed by atoms with E-state index in [9.17, 15) is 9.59 Å². The van der Waals surface area contributed by atoms with Gasteiger partial charge in [-0.25, -0.2) is 0 Å². The molecule has 0 aliphatic carbocycles. The molecule has 0 radical (unpaired) electrons. The molecule has 0 fully saturated rings. The van der Waals surface area contributed by atoms with Crippen LogP contribution in [0.3, 0.4) is 0 Å². The van der Waals surface area contributed by atoms with Crippen LogP contribution in [0.25, 0.3) is 0 Å². The third-order valence-electron chi connectivity index (χ3n) is 3.32. The van der Waals surface area contributed by atoms with Gasteiger partial charge in [-0.15, -0.1) is 11.3 Å². The first-order chi connectivity index (χ1) is 10.0.